The lowest BCUT2D eigenvalue weighted by Gasteiger charge is -2.44. The molecular formula is C28H32N4O7S2. The minimum Gasteiger partial charge on any atom is -0.480 e. The number of carboxylic acid groups (broad SMARTS) is 1. The van der Waals surface area contributed by atoms with E-state index in [0.717, 1.165) is 5.56 Å². The van der Waals surface area contributed by atoms with Crippen LogP contribution in [0.2, 0.25) is 0 Å². The molecule has 2 aromatic carbocycles. The minimum absolute atomic E-state index is 0.0878. The van der Waals surface area contributed by atoms with Gasteiger partial charge in [0.2, 0.25) is 27.7 Å². The number of aliphatic carboxylic acids is 1. The van der Waals surface area contributed by atoms with E-state index in [1.807, 2.05) is 6.92 Å². The standard InChI is InChI=1S/C28H32N4O7S2/c1-16-11-13-18(14-12-16)41(38,39)31-15-7-10-19(31)23(33)29-20(17-8-5-4-6-9-17)24(34)30-21-25(35)32-22(27(36)37)28(2,3)40-26(21)32/h4-6,8-9,11-14,19-22,26H,7,10,15H2,1-3H3,(H,29,33)(H,30,34)(H,36,37)/t19-,20?,21+,22-,26+/m0/s1. The Balaban J connectivity index is 1.35. The van der Waals surface area contributed by atoms with Crippen molar-refractivity contribution in [3.8, 4) is 0 Å². The van der Waals surface area contributed by atoms with Gasteiger partial charge in [-0.15, -0.1) is 11.8 Å². The molecule has 0 radical (unpaired) electrons. The predicted octanol–water partition coefficient (Wildman–Crippen LogP) is 1.64. The Kier molecular flexibility index (Phi) is 7.64. The van der Waals surface area contributed by atoms with E-state index >= 15 is 0 Å². The van der Waals surface area contributed by atoms with Crippen LogP contribution < -0.4 is 10.6 Å². The zero-order valence-corrected chi connectivity index (χ0v) is 24.4. The van der Waals surface area contributed by atoms with Crippen molar-refractivity contribution >= 4 is 45.5 Å². The van der Waals surface area contributed by atoms with Crippen molar-refractivity contribution < 1.29 is 32.7 Å². The van der Waals surface area contributed by atoms with E-state index in [1.165, 1.54) is 33.1 Å². The number of β-lactam (4-membered cyclic amide) rings is 1. The molecule has 3 heterocycles. The van der Waals surface area contributed by atoms with Gasteiger partial charge >= 0.3 is 5.97 Å². The molecule has 3 aliphatic heterocycles. The molecule has 0 bridgehead atoms. The zero-order valence-electron chi connectivity index (χ0n) is 22.8. The van der Waals surface area contributed by atoms with Crippen molar-refractivity contribution in [1.82, 2.24) is 19.8 Å². The number of benzene rings is 2. The Morgan fingerprint density at radius 2 is 1.73 bits per heavy atom. The van der Waals surface area contributed by atoms with E-state index in [9.17, 15) is 32.7 Å². The van der Waals surface area contributed by atoms with Crippen LogP contribution in [0.4, 0.5) is 0 Å². The summed E-state index contributed by atoms with van der Waals surface area (Å²) in [7, 11) is -3.95. The zero-order chi connectivity index (χ0) is 29.7. The smallest absolute Gasteiger partial charge is 0.327 e. The molecule has 41 heavy (non-hydrogen) atoms. The molecular weight excluding hydrogens is 568 g/mol. The molecule has 1 unspecified atom stereocenters. The number of hydrogen-bond donors (Lipinski definition) is 3. The Morgan fingerprint density at radius 3 is 2.37 bits per heavy atom. The number of carbonyl (C=O) groups is 4. The molecule has 218 valence electrons. The molecule has 0 spiro atoms. The van der Waals surface area contributed by atoms with E-state index < -0.39 is 68.0 Å². The molecule has 0 saturated carbocycles. The Morgan fingerprint density at radius 1 is 1.07 bits per heavy atom. The topological polar surface area (TPSA) is 153 Å². The third-order valence-electron chi connectivity index (χ3n) is 7.79. The van der Waals surface area contributed by atoms with E-state index in [-0.39, 0.29) is 11.4 Å². The summed E-state index contributed by atoms with van der Waals surface area (Å²) in [6.07, 6.45) is 0.776. The number of rotatable bonds is 8. The van der Waals surface area contributed by atoms with Crippen LogP contribution in [0.3, 0.4) is 0 Å². The van der Waals surface area contributed by atoms with E-state index in [1.54, 1.807) is 56.3 Å². The average molecular weight is 601 g/mol. The highest BCUT2D eigenvalue weighted by atomic mass is 32.2. The second kappa shape index (κ2) is 10.8. The molecule has 5 rings (SSSR count). The first-order chi connectivity index (χ1) is 19.3. The number of sulfonamides is 1. The number of fused-ring (bicyclic) bond motifs is 1. The molecule has 0 aliphatic carbocycles. The van der Waals surface area contributed by atoms with Crippen molar-refractivity contribution in [3.63, 3.8) is 0 Å². The van der Waals surface area contributed by atoms with Crippen molar-refractivity contribution in [3.05, 3.63) is 65.7 Å². The SMILES string of the molecule is Cc1ccc(S(=O)(=O)N2CCC[C@H]2C(=O)NC(C(=O)N[C@@H]2C(=O)N3[C@@H]2SC(C)(C)[C@@H]3C(=O)O)c2ccccc2)cc1. The number of carboxylic acids is 1. The predicted molar refractivity (Wildman–Crippen MR) is 151 cm³/mol. The first kappa shape index (κ1) is 29.1. The second-order valence-electron chi connectivity index (χ2n) is 11.0. The van der Waals surface area contributed by atoms with Crippen LogP contribution in [-0.4, -0.2) is 81.2 Å². The van der Waals surface area contributed by atoms with Gasteiger partial charge in [0.15, 0.2) is 0 Å². The second-order valence-corrected chi connectivity index (χ2v) is 14.7. The van der Waals surface area contributed by atoms with Crippen LogP contribution >= 0.6 is 11.8 Å². The van der Waals surface area contributed by atoms with Gasteiger partial charge in [0, 0.05) is 11.3 Å². The summed E-state index contributed by atoms with van der Waals surface area (Å²) in [5, 5.41) is 14.6. The highest BCUT2D eigenvalue weighted by Gasteiger charge is 2.64. The third kappa shape index (κ3) is 5.22. The maximum atomic E-state index is 13.6. The van der Waals surface area contributed by atoms with Crippen LogP contribution in [-0.2, 0) is 29.2 Å². The molecule has 3 fully saturated rings. The molecule has 3 amide bonds. The lowest BCUT2D eigenvalue weighted by molar-refractivity contribution is -0.161. The summed E-state index contributed by atoms with van der Waals surface area (Å²) >= 11 is 1.30. The van der Waals surface area contributed by atoms with E-state index in [2.05, 4.69) is 10.6 Å². The number of carbonyl (C=O) groups excluding carboxylic acids is 3. The van der Waals surface area contributed by atoms with Gasteiger partial charge in [-0.05, 0) is 51.3 Å². The van der Waals surface area contributed by atoms with Crippen LogP contribution in [0.25, 0.3) is 0 Å². The summed E-state index contributed by atoms with van der Waals surface area (Å²) in [5.74, 6) is -2.88. The summed E-state index contributed by atoms with van der Waals surface area (Å²) in [4.78, 5) is 53.3. The van der Waals surface area contributed by atoms with Gasteiger partial charge in [-0.1, -0.05) is 48.0 Å². The maximum Gasteiger partial charge on any atom is 0.327 e. The number of amides is 3. The van der Waals surface area contributed by atoms with Gasteiger partial charge in [-0.3, -0.25) is 14.4 Å². The highest BCUT2D eigenvalue weighted by molar-refractivity contribution is 8.01. The Bertz CT molecular complexity index is 1480. The van der Waals surface area contributed by atoms with Crippen LogP contribution in [0.1, 0.15) is 43.9 Å². The highest BCUT2D eigenvalue weighted by Crippen LogP contribution is 2.50. The van der Waals surface area contributed by atoms with Gasteiger partial charge in [0.25, 0.3) is 0 Å². The number of nitrogens with zero attached hydrogens (tertiary/aromatic N) is 2. The molecule has 3 saturated heterocycles. The average Bonchev–Trinajstić information content (AvgIpc) is 3.52. The molecule has 13 heteroatoms. The largest absolute Gasteiger partial charge is 0.480 e. The fourth-order valence-electron chi connectivity index (χ4n) is 5.70. The minimum atomic E-state index is -3.95. The summed E-state index contributed by atoms with van der Waals surface area (Å²) in [6, 6.07) is 10.7. The maximum absolute atomic E-state index is 13.6. The number of nitrogens with one attached hydrogen (secondary N) is 2. The van der Waals surface area contributed by atoms with Gasteiger partial charge in [0.05, 0.1) is 4.90 Å². The third-order valence-corrected chi connectivity index (χ3v) is 11.3. The quantitative estimate of drug-likeness (QED) is 0.387. The lowest BCUT2D eigenvalue weighted by atomic mass is 9.95. The number of thioether (sulfide) groups is 1. The van der Waals surface area contributed by atoms with E-state index in [4.69, 9.17) is 0 Å². The Hall–Kier alpha value is -3.42. The summed E-state index contributed by atoms with van der Waals surface area (Å²) in [5.41, 5.74) is 1.36. The summed E-state index contributed by atoms with van der Waals surface area (Å²) < 4.78 is 27.2. The van der Waals surface area contributed by atoms with Gasteiger partial charge in [-0.25, -0.2) is 13.2 Å². The van der Waals surface area contributed by atoms with Crippen LogP contribution in [0.5, 0.6) is 0 Å². The normalized spacial score (nSPS) is 26.1. The first-order valence-electron chi connectivity index (χ1n) is 13.3. The van der Waals surface area contributed by atoms with Gasteiger partial charge < -0.3 is 20.6 Å². The van der Waals surface area contributed by atoms with Crippen molar-refractivity contribution in [2.75, 3.05) is 6.54 Å². The molecule has 3 aliphatic rings. The first-order valence-corrected chi connectivity index (χ1v) is 15.6. The molecule has 0 aromatic heterocycles. The van der Waals surface area contributed by atoms with Crippen molar-refractivity contribution in [2.45, 2.75) is 72.8 Å². The molecule has 11 nitrogen and oxygen atoms in total. The fourth-order valence-corrected chi connectivity index (χ4v) is 8.98. The van der Waals surface area contributed by atoms with Crippen LogP contribution in [0.15, 0.2) is 59.5 Å². The van der Waals surface area contributed by atoms with Crippen molar-refractivity contribution in [2.24, 2.45) is 0 Å². The van der Waals surface area contributed by atoms with E-state index in [0.29, 0.717) is 18.4 Å². The monoisotopic (exact) mass is 600 g/mol. The van der Waals surface area contributed by atoms with Crippen molar-refractivity contribution in [1.29, 1.82) is 0 Å². The summed E-state index contributed by atoms with van der Waals surface area (Å²) in [6.45, 7) is 5.50. The lowest BCUT2D eigenvalue weighted by Crippen LogP contribution is -2.71. The number of aryl methyl sites for hydroxylation is 1. The molecule has 5 atom stereocenters. The fraction of sp³-hybridized carbons (Fsp3) is 0.429. The van der Waals surface area contributed by atoms with Crippen LogP contribution in [0, 0.1) is 6.92 Å². The molecule has 3 N–H and O–H groups in total. The molecule has 2 aromatic rings. The van der Waals surface area contributed by atoms with Gasteiger partial charge in [-0.2, -0.15) is 4.31 Å². The number of hydrogen-bond acceptors (Lipinski definition) is 7. The van der Waals surface area contributed by atoms with Gasteiger partial charge in [0.1, 0.15) is 29.5 Å². The Labute approximate surface area is 242 Å².